The average Bonchev–Trinajstić information content (AvgIpc) is 3.22. The van der Waals surface area contributed by atoms with Crippen molar-refractivity contribution < 1.29 is 9.59 Å². The van der Waals surface area contributed by atoms with Crippen molar-refractivity contribution in [3.63, 3.8) is 0 Å². The number of nitrogens with two attached hydrogens (primary N) is 1. The highest BCUT2D eigenvalue weighted by molar-refractivity contribution is 7.98. The van der Waals surface area contributed by atoms with Crippen LogP contribution in [0.4, 0.5) is 5.69 Å². The van der Waals surface area contributed by atoms with Crippen LogP contribution in [0.5, 0.6) is 0 Å². The fourth-order valence-electron chi connectivity index (χ4n) is 4.43. The van der Waals surface area contributed by atoms with Crippen LogP contribution in [0.3, 0.4) is 0 Å². The van der Waals surface area contributed by atoms with Gasteiger partial charge in [-0.2, -0.15) is 5.26 Å². The molecule has 1 aliphatic rings. The number of imidazole rings is 1. The molecule has 176 valence electrons. The van der Waals surface area contributed by atoms with Crippen LogP contribution in [-0.4, -0.2) is 28.4 Å². The smallest absolute Gasteiger partial charge is 0.229 e. The SMILES string of the molecule is CN(C(=O)C1CCCCC1)c1ccc2c(c1)nc(SCc1ccc(C#N)cc1)n2CCC(N)=O. The van der Waals surface area contributed by atoms with Gasteiger partial charge in [-0.25, -0.2) is 4.98 Å². The summed E-state index contributed by atoms with van der Waals surface area (Å²) >= 11 is 1.57. The normalized spacial score (nSPS) is 14.1. The number of nitrogens with zero attached hydrogens (tertiary/aromatic N) is 4. The third-order valence-electron chi connectivity index (χ3n) is 6.40. The summed E-state index contributed by atoms with van der Waals surface area (Å²) < 4.78 is 2.02. The minimum Gasteiger partial charge on any atom is -0.370 e. The first kappa shape index (κ1) is 23.8. The van der Waals surface area contributed by atoms with Gasteiger partial charge in [-0.05, 0) is 48.7 Å². The molecule has 2 aromatic carbocycles. The number of carbonyl (C=O) groups excluding carboxylic acids is 2. The van der Waals surface area contributed by atoms with Gasteiger partial charge in [-0.15, -0.1) is 0 Å². The van der Waals surface area contributed by atoms with E-state index in [1.807, 2.05) is 41.9 Å². The lowest BCUT2D eigenvalue weighted by Gasteiger charge is -2.26. The molecule has 34 heavy (non-hydrogen) atoms. The van der Waals surface area contributed by atoms with E-state index in [1.165, 1.54) is 6.42 Å². The summed E-state index contributed by atoms with van der Waals surface area (Å²) in [5, 5.41) is 9.79. The number of nitriles is 1. The molecule has 0 unspecified atom stereocenters. The third-order valence-corrected chi connectivity index (χ3v) is 7.45. The van der Waals surface area contributed by atoms with Crippen LogP contribution >= 0.6 is 11.8 Å². The standard InChI is InChI=1S/C26H29N5O2S/c1-30(25(33)20-5-3-2-4-6-20)21-11-12-23-22(15-21)29-26(31(23)14-13-24(28)32)34-17-19-9-7-18(16-27)8-10-19/h7-12,15,20H,2-6,13-14,17H2,1H3,(H2,28,32). The zero-order valence-electron chi connectivity index (χ0n) is 19.4. The van der Waals surface area contributed by atoms with Crippen LogP contribution in [-0.2, 0) is 21.9 Å². The molecule has 1 heterocycles. The van der Waals surface area contributed by atoms with Gasteiger partial charge in [0.05, 0.1) is 22.7 Å². The summed E-state index contributed by atoms with van der Waals surface area (Å²) in [6.07, 6.45) is 5.59. The quantitative estimate of drug-likeness (QED) is 0.479. The Hall–Kier alpha value is -3.31. The van der Waals surface area contributed by atoms with Crippen LogP contribution < -0.4 is 10.6 Å². The number of thioether (sulfide) groups is 1. The van der Waals surface area contributed by atoms with Crippen molar-refractivity contribution in [3.05, 3.63) is 53.6 Å². The van der Waals surface area contributed by atoms with E-state index in [4.69, 9.17) is 16.0 Å². The number of fused-ring (bicyclic) bond motifs is 1. The summed E-state index contributed by atoms with van der Waals surface area (Å²) in [7, 11) is 1.84. The summed E-state index contributed by atoms with van der Waals surface area (Å²) in [4.78, 5) is 31.1. The Labute approximate surface area is 203 Å². The predicted molar refractivity (Wildman–Crippen MR) is 134 cm³/mol. The number of hydrogen-bond donors (Lipinski definition) is 1. The first-order valence-electron chi connectivity index (χ1n) is 11.6. The van der Waals surface area contributed by atoms with Gasteiger partial charge in [0.15, 0.2) is 5.16 Å². The van der Waals surface area contributed by atoms with Crippen LogP contribution in [0.2, 0.25) is 0 Å². The second-order valence-corrected chi connectivity index (χ2v) is 9.71. The van der Waals surface area contributed by atoms with E-state index in [2.05, 4.69) is 6.07 Å². The first-order valence-corrected chi connectivity index (χ1v) is 12.6. The molecule has 4 rings (SSSR count). The molecule has 7 nitrogen and oxygen atoms in total. The zero-order chi connectivity index (χ0) is 24.1. The molecule has 1 fully saturated rings. The Kier molecular flexibility index (Phi) is 7.53. The average molecular weight is 476 g/mol. The van der Waals surface area contributed by atoms with Crippen molar-refractivity contribution in [2.75, 3.05) is 11.9 Å². The number of carbonyl (C=O) groups is 2. The summed E-state index contributed by atoms with van der Waals surface area (Å²) in [5.74, 6) is 0.585. The minimum atomic E-state index is -0.362. The van der Waals surface area contributed by atoms with E-state index < -0.39 is 0 Å². The summed E-state index contributed by atoms with van der Waals surface area (Å²) in [6, 6.07) is 15.5. The highest BCUT2D eigenvalue weighted by Gasteiger charge is 2.25. The number of aryl methyl sites for hydroxylation is 1. The van der Waals surface area contributed by atoms with Crippen LogP contribution in [0.1, 0.15) is 49.7 Å². The van der Waals surface area contributed by atoms with Gasteiger partial charge >= 0.3 is 0 Å². The maximum Gasteiger partial charge on any atom is 0.229 e. The van der Waals surface area contributed by atoms with Gasteiger partial charge in [-0.3, -0.25) is 9.59 Å². The third kappa shape index (κ3) is 5.42. The van der Waals surface area contributed by atoms with E-state index in [9.17, 15) is 9.59 Å². The molecule has 1 aromatic heterocycles. The van der Waals surface area contributed by atoms with E-state index in [0.29, 0.717) is 17.9 Å². The van der Waals surface area contributed by atoms with Crippen molar-refractivity contribution in [1.82, 2.24) is 9.55 Å². The van der Waals surface area contributed by atoms with E-state index in [1.54, 1.807) is 28.8 Å². The molecule has 1 aliphatic carbocycles. The number of hydrogen-bond acceptors (Lipinski definition) is 5. The second-order valence-electron chi connectivity index (χ2n) is 8.76. The molecule has 0 spiro atoms. The number of amides is 2. The second kappa shape index (κ2) is 10.7. The van der Waals surface area contributed by atoms with Crippen molar-refractivity contribution in [2.45, 2.75) is 56.0 Å². The maximum atomic E-state index is 13.0. The number of rotatable bonds is 8. The van der Waals surface area contributed by atoms with Crippen molar-refractivity contribution in [1.29, 1.82) is 5.26 Å². The molecule has 0 aliphatic heterocycles. The predicted octanol–water partition coefficient (Wildman–Crippen LogP) is 4.62. The maximum absolute atomic E-state index is 13.0. The van der Waals surface area contributed by atoms with Crippen LogP contribution in [0, 0.1) is 17.2 Å². The minimum absolute atomic E-state index is 0.0982. The fraction of sp³-hybridized carbons (Fsp3) is 0.385. The molecule has 0 atom stereocenters. The van der Waals surface area contributed by atoms with Gasteiger partial charge in [-0.1, -0.05) is 43.2 Å². The number of aromatic nitrogens is 2. The molecule has 2 amide bonds. The number of anilines is 1. The Morgan fingerprint density at radius 3 is 2.59 bits per heavy atom. The number of benzene rings is 2. The van der Waals surface area contributed by atoms with Gasteiger partial charge in [0.2, 0.25) is 11.8 Å². The summed E-state index contributed by atoms with van der Waals surface area (Å²) in [6.45, 7) is 0.442. The lowest BCUT2D eigenvalue weighted by Crippen LogP contribution is -2.33. The Balaban J connectivity index is 1.58. The van der Waals surface area contributed by atoms with Crippen molar-refractivity contribution in [2.24, 2.45) is 11.7 Å². The molecule has 3 aromatic rings. The van der Waals surface area contributed by atoms with Gasteiger partial charge < -0.3 is 15.2 Å². The summed E-state index contributed by atoms with van der Waals surface area (Å²) in [5.41, 5.74) is 9.64. The topological polar surface area (TPSA) is 105 Å². The van der Waals surface area contributed by atoms with Gasteiger partial charge in [0.1, 0.15) is 0 Å². The first-order chi connectivity index (χ1) is 16.5. The Bertz CT molecular complexity index is 1220. The molecule has 8 heteroatoms. The van der Waals surface area contributed by atoms with E-state index in [-0.39, 0.29) is 24.2 Å². The number of primary amides is 1. The van der Waals surface area contributed by atoms with Gasteiger partial charge in [0.25, 0.3) is 0 Å². The van der Waals surface area contributed by atoms with E-state index >= 15 is 0 Å². The monoisotopic (exact) mass is 475 g/mol. The Morgan fingerprint density at radius 2 is 1.91 bits per heavy atom. The van der Waals surface area contributed by atoms with Crippen molar-refractivity contribution >= 4 is 40.3 Å². The highest BCUT2D eigenvalue weighted by atomic mass is 32.2. The lowest BCUT2D eigenvalue weighted by molar-refractivity contribution is -0.123. The van der Waals surface area contributed by atoms with E-state index in [0.717, 1.165) is 53.1 Å². The zero-order valence-corrected chi connectivity index (χ0v) is 20.2. The van der Waals surface area contributed by atoms with Gasteiger partial charge in [0, 0.05) is 37.4 Å². The van der Waals surface area contributed by atoms with Crippen LogP contribution in [0.25, 0.3) is 11.0 Å². The van der Waals surface area contributed by atoms with Crippen LogP contribution in [0.15, 0.2) is 47.6 Å². The Morgan fingerprint density at radius 1 is 1.18 bits per heavy atom. The molecule has 0 radical (unpaired) electrons. The largest absolute Gasteiger partial charge is 0.370 e. The molecular weight excluding hydrogens is 446 g/mol. The highest BCUT2D eigenvalue weighted by Crippen LogP contribution is 2.31. The van der Waals surface area contributed by atoms with Crippen molar-refractivity contribution in [3.8, 4) is 6.07 Å². The molecule has 0 saturated heterocycles. The molecule has 0 bridgehead atoms. The molecule has 2 N–H and O–H groups in total. The fourth-order valence-corrected chi connectivity index (χ4v) is 5.42. The lowest BCUT2D eigenvalue weighted by atomic mass is 9.88. The molecular formula is C26H29N5O2S. The molecule has 1 saturated carbocycles.